The van der Waals surface area contributed by atoms with Gasteiger partial charge in [-0.3, -0.25) is 14.8 Å². The van der Waals surface area contributed by atoms with Gasteiger partial charge in [0, 0.05) is 107 Å². The van der Waals surface area contributed by atoms with E-state index in [4.69, 9.17) is 20.2 Å². The zero-order valence-electron chi connectivity index (χ0n) is 34.4. The van der Waals surface area contributed by atoms with Crippen LogP contribution in [0, 0.1) is 10.8 Å². The van der Waals surface area contributed by atoms with Gasteiger partial charge in [-0.05, 0) is 93.0 Å². The van der Waals surface area contributed by atoms with Crippen molar-refractivity contribution in [2.75, 3.05) is 89.6 Å². The van der Waals surface area contributed by atoms with Crippen LogP contribution in [0.3, 0.4) is 0 Å². The largest absolute Gasteiger partial charge is 0.395 e. The number of piperazine rings is 1. The molecule has 55 heavy (non-hydrogen) atoms. The molecule has 4 heterocycles. The van der Waals surface area contributed by atoms with Gasteiger partial charge in [0.1, 0.15) is 6.29 Å². The number of ether oxygens (including phenoxy) is 2. The number of hydrogen-bond acceptors (Lipinski definition) is 10. The van der Waals surface area contributed by atoms with E-state index in [9.17, 15) is 9.90 Å². The molecule has 0 radical (unpaired) electrons. The summed E-state index contributed by atoms with van der Waals surface area (Å²) >= 11 is 0. The van der Waals surface area contributed by atoms with E-state index in [0.29, 0.717) is 25.1 Å². The van der Waals surface area contributed by atoms with E-state index in [1.165, 1.54) is 54.3 Å². The molecular formula is C44H67N7O4. The number of methoxy groups -OCH3 is 2. The zero-order chi connectivity index (χ0) is 38.9. The first-order chi connectivity index (χ1) is 26.5. The van der Waals surface area contributed by atoms with Crippen LogP contribution >= 0.6 is 0 Å². The molecule has 11 nitrogen and oxygen atoms in total. The fourth-order valence-electron chi connectivity index (χ4n) is 9.92. The van der Waals surface area contributed by atoms with Gasteiger partial charge in [-0.1, -0.05) is 20.3 Å². The number of likely N-dealkylation sites (tertiary alicyclic amines) is 1. The number of aromatic nitrogens is 2. The highest BCUT2D eigenvalue weighted by molar-refractivity contribution is 5.95. The summed E-state index contributed by atoms with van der Waals surface area (Å²) in [7, 11) is 3.55. The van der Waals surface area contributed by atoms with Gasteiger partial charge in [-0.25, -0.2) is 0 Å². The highest BCUT2D eigenvalue weighted by Gasteiger charge is 2.49. The first-order valence-electron chi connectivity index (χ1n) is 21.0. The number of aryl methyl sites for hydroxylation is 1. The molecule has 11 heteroatoms. The van der Waals surface area contributed by atoms with Crippen LogP contribution in [0.15, 0.2) is 30.5 Å². The number of carbonyl (C=O) groups is 1. The number of fused-ring (bicyclic) bond motifs is 1. The van der Waals surface area contributed by atoms with Gasteiger partial charge in [0.05, 0.1) is 48.6 Å². The van der Waals surface area contributed by atoms with Crippen LogP contribution in [0.5, 0.6) is 0 Å². The van der Waals surface area contributed by atoms with Crippen molar-refractivity contribution in [1.29, 1.82) is 0 Å². The zero-order valence-corrected chi connectivity index (χ0v) is 34.4. The van der Waals surface area contributed by atoms with Crippen LogP contribution in [-0.4, -0.2) is 129 Å². The molecule has 3 aromatic rings. The third-order valence-corrected chi connectivity index (χ3v) is 13.3. The number of aldehydes is 1. The highest BCUT2D eigenvalue weighted by atomic mass is 16.5. The molecule has 2 aliphatic carbocycles. The summed E-state index contributed by atoms with van der Waals surface area (Å²) in [6, 6.07) is 9.41. The van der Waals surface area contributed by atoms with Crippen molar-refractivity contribution < 1.29 is 19.4 Å². The van der Waals surface area contributed by atoms with Gasteiger partial charge in [0.2, 0.25) is 0 Å². The maximum atomic E-state index is 12.0. The van der Waals surface area contributed by atoms with Crippen molar-refractivity contribution >= 4 is 28.6 Å². The number of benzene rings is 1. The second-order valence-corrected chi connectivity index (χ2v) is 17.8. The van der Waals surface area contributed by atoms with Crippen molar-refractivity contribution in [3.63, 3.8) is 0 Å². The molecule has 0 bridgehead atoms. The summed E-state index contributed by atoms with van der Waals surface area (Å²) in [6.07, 6.45) is 10.9. The summed E-state index contributed by atoms with van der Waals surface area (Å²) in [5.41, 5.74) is 14.7. The molecule has 302 valence electrons. The minimum absolute atomic E-state index is 0.00974. The highest BCUT2D eigenvalue weighted by Crippen LogP contribution is 2.49. The number of aliphatic hydroxyl groups excluding tert-OH is 1. The molecule has 3 N–H and O–H groups in total. The van der Waals surface area contributed by atoms with Gasteiger partial charge in [0.15, 0.2) is 0 Å². The van der Waals surface area contributed by atoms with Crippen LogP contribution in [-0.2, 0) is 27.2 Å². The molecule has 3 atom stereocenters. The Hall–Kier alpha value is -3.06. The number of aliphatic hydroxyl groups is 1. The lowest BCUT2D eigenvalue weighted by Crippen LogP contribution is -2.66. The number of hydrogen-bond donors (Lipinski definition) is 2. The Morgan fingerprint density at radius 3 is 2.45 bits per heavy atom. The fraction of sp³-hybridized carbons (Fsp3) is 0.682. The molecule has 2 aromatic heterocycles. The molecule has 3 unspecified atom stereocenters. The average molecular weight is 758 g/mol. The number of nitrogens with two attached hydrogens (primary N) is 1. The number of pyridine rings is 1. The SMILES string of the molecule is CCn1c(-c2cc(N3CCN(C4CC4)CC3)cnc2C(C)OC)c(CC(C)(C)COC)c2cc(N(CCO)CCC(C(N)C=O)N3CC4(CCC4)C3)ccc21. The third-order valence-electron chi connectivity index (χ3n) is 13.3. The van der Waals surface area contributed by atoms with Crippen LogP contribution in [0.2, 0.25) is 0 Å². The average Bonchev–Trinajstić information content (AvgIpc) is 3.96. The normalized spacial score (nSPS) is 20.7. The lowest BCUT2D eigenvalue weighted by molar-refractivity contribution is -0.116. The van der Waals surface area contributed by atoms with Gasteiger partial charge in [0.25, 0.3) is 0 Å². The van der Waals surface area contributed by atoms with E-state index in [-0.39, 0.29) is 24.2 Å². The second-order valence-electron chi connectivity index (χ2n) is 17.8. The van der Waals surface area contributed by atoms with Crippen LogP contribution in [0.4, 0.5) is 11.4 Å². The van der Waals surface area contributed by atoms with Crippen molar-refractivity contribution in [1.82, 2.24) is 19.4 Å². The fourth-order valence-corrected chi connectivity index (χ4v) is 9.92. The second kappa shape index (κ2) is 16.8. The van der Waals surface area contributed by atoms with E-state index in [0.717, 1.165) is 93.6 Å². The van der Waals surface area contributed by atoms with Crippen molar-refractivity contribution in [2.45, 2.75) is 103 Å². The van der Waals surface area contributed by atoms with Gasteiger partial charge in [-0.15, -0.1) is 0 Å². The molecular weight excluding hydrogens is 691 g/mol. The summed E-state index contributed by atoms with van der Waals surface area (Å²) in [6.45, 7) is 17.8. The van der Waals surface area contributed by atoms with Crippen LogP contribution in [0.25, 0.3) is 22.2 Å². The lowest BCUT2D eigenvalue weighted by Gasteiger charge is -2.59. The Labute approximate surface area is 329 Å². The number of rotatable bonds is 19. The van der Waals surface area contributed by atoms with Crippen molar-refractivity contribution in [3.8, 4) is 11.3 Å². The quantitative estimate of drug-likeness (QED) is 0.152. The molecule has 2 aliphatic heterocycles. The Morgan fingerprint density at radius 1 is 1.11 bits per heavy atom. The Balaban J connectivity index is 1.28. The number of carbonyl (C=O) groups excluding carboxylic acids is 1. The minimum Gasteiger partial charge on any atom is -0.395 e. The summed E-state index contributed by atoms with van der Waals surface area (Å²) in [5, 5.41) is 11.5. The minimum atomic E-state index is -0.526. The predicted molar refractivity (Wildman–Crippen MR) is 222 cm³/mol. The molecule has 4 aliphatic rings. The number of nitrogens with zero attached hydrogens (tertiary/aromatic N) is 6. The maximum Gasteiger partial charge on any atom is 0.138 e. The smallest absolute Gasteiger partial charge is 0.138 e. The lowest BCUT2D eigenvalue weighted by atomic mass is 9.63. The first-order valence-corrected chi connectivity index (χ1v) is 21.0. The summed E-state index contributed by atoms with van der Waals surface area (Å²) in [5.74, 6) is 0. The Bertz CT molecular complexity index is 1770. The standard InChI is InChI=1S/C44H67N7O4/c1-7-51-39-12-11-33(47(21-22-52)16-13-40(38(45)27-53)50-28-44(29-50)14-8-15-44)23-35(39)37(25-43(3,4)30-54-5)42(51)36-24-34(26-46-41(36)31(2)55-6)49-19-17-48(18-20-49)32-9-10-32/h11-12,23-24,26-27,31-32,38,40,52H,7-10,13-22,25,28-30,45H2,1-6H3. The van der Waals surface area contributed by atoms with E-state index in [2.05, 4.69) is 82.3 Å². The number of anilines is 2. The van der Waals surface area contributed by atoms with E-state index in [1.807, 2.05) is 0 Å². The molecule has 0 amide bonds. The molecule has 7 rings (SSSR count). The van der Waals surface area contributed by atoms with Gasteiger partial charge < -0.3 is 39.5 Å². The molecule has 4 fully saturated rings. The first kappa shape index (κ1) is 40.1. The summed E-state index contributed by atoms with van der Waals surface area (Å²) in [4.78, 5) is 27.0. The van der Waals surface area contributed by atoms with E-state index >= 15 is 0 Å². The van der Waals surface area contributed by atoms with Gasteiger partial charge in [-0.2, -0.15) is 0 Å². The van der Waals surface area contributed by atoms with Gasteiger partial charge >= 0.3 is 0 Å². The topological polar surface area (TPSA) is 113 Å². The molecule has 2 saturated heterocycles. The van der Waals surface area contributed by atoms with E-state index in [1.54, 1.807) is 14.2 Å². The van der Waals surface area contributed by atoms with E-state index < -0.39 is 6.04 Å². The Morgan fingerprint density at radius 2 is 1.85 bits per heavy atom. The monoisotopic (exact) mass is 758 g/mol. The third kappa shape index (κ3) is 8.34. The Kier molecular flexibility index (Phi) is 12.3. The van der Waals surface area contributed by atoms with Crippen LogP contribution < -0.4 is 15.5 Å². The summed E-state index contributed by atoms with van der Waals surface area (Å²) < 4.78 is 14.2. The maximum absolute atomic E-state index is 12.0. The predicted octanol–water partition coefficient (Wildman–Crippen LogP) is 5.50. The molecule has 1 aromatic carbocycles. The molecule has 1 spiro atoms. The van der Waals surface area contributed by atoms with Crippen molar-refractivity contribution in [3.05, 3.63) is 41.7 Å². The van der Waals surface area contributed by atoms with Crippen LogP contribution in [0.1, 0.15) is 83.6 Å². The van der Waals surface area contributed by atoms with Crippen molar-refractivity contribution in [2.24, 2.45) is 16.6 Å². The molecule has 2 saturated carbocycles.